The maximum atomic E-state index is 4.88. The lowest BCUT2D eigenvalue weighted by atomic mass is 9.91. The van der Waals surface area contributed by atoms with Crippen LogP contribution in [0.4, 0.5) is 0 Å². The minimum atomic E-state index is 1.07. The van der Waals surface area contributed by atoms with Crippen molar-refractivity contribution in [1.29, 1.82) is 0 Å². The lowest BCUT2D eigenvalue weighted by Gasteiger charge is -2.14. The third kappa shape index (κ3) is 1.73. The van der Waals surface area contributed by atoms with E-state index in [2.05, 4.69) is 80.6 Å². The van der Waals surface area contributed by atoms with Gasteiger partial charge in [-0.05, 0) is 41.5 Å². The number of benzene rings is 4. The molecule has 0 atom stereocenters. The fraction of sp³-hybridized carbons (Fsp3) is 0.0870. The summed E-state index contributed by atoms with van der Waals surface area (Å²) in [7, 11) is 0. The fourth-order valence-electron chi connectivity index (χ4n) is 3.98. The van der Waals surface area contributed by atoms with E-state index in [0.29, 0.717) is 0 Å². The van der Waals surface area contributed by atoms with Crippen LogP contribution in [0.1, 0.15) is 11.3 Å². The topological polar surface area (TPSA) is 12.9 Å². The first-order chi connectivity index (χ1) is 11.7. The third-order valence-electron chi connectivity index (χ3n) is 5.00. The number of para-hydroxylation sites is 1. The fourth-order valence-corrected chi connectivity index (χ4v) is 3.98. The Morgan fingerprint density at radius 1 is 0.583 bits per heavy atom. The van der Waals surface area contributed by atoms with Gasteiger partial charge >= 0.3 is 0 Å². The molecule has 1 heteroatoms. The van der Waals surface area contributed by atoms with Gasteiger partial charge in [-0.1, -0.05) is 66.2 Å². The zero-order valence-corrected chi connectivity index (χ0v) is 13.8. The second-order valence-electron chi connectivity index (χ2n) is 6.56. The molecule has 5 aromatic rings. The predicted octanol–water partition coefficient (Wildman–Crippen LogP) is 6.31. The molecular weight excluding hydrogens is 290 g/mol. The van der Waals surface area contributed by atoms with Crippen molar-refractivity contribution in [3.63, 3.8) is 0 Å². The van der Waals surface area contributed by atoms with Crippen molar-refractivity contribution in [2.75, 3.05) is 0 Å². The normalized spacial score (nSPS) is 11.8. The standard InChI is InChI=1S/C23H17N/c1-14-11-12-18-20(13-14)16-7-3-4-8-17(16)23-19-9-5-6-10-21(19)24-15(2)22(18)23/h3-13H,1-2H3. The van der Waals surface area contributed by atoms with Crippen molar-refractivity contribution in [2.24, 2.45) is 0 Å². The molecule has 0 bridgehead atoms. The summed E-state index contributed by atoms with van der Waals surface area (Å²) in [5.41, 5.74) is 3.46. The quantitative estimate of drug-likeness (QED) is 0.305. The van der Waals surface area contributed by atoms with E-state index in [1.54, 1.807) is 0 Å². The number of pyridine rings is 1. The average molecular weight is 307 g/mol. The first-order valence-electron chi connectivity index (χ1n) is 8.34. The van der Waals surface area contributed by atoms with Crippen LogP contribution in [0.2, 0.25) is 0 Å². The van der Waals surface area contributed by atoms with Crippen molar-refractivity contribution in [2.45, 2.75) is 13.8 Å². The van der Waals surface area contributed by atoms with Crippen LogP contribution in [0.25, 0.3) is 43.2 Å². The molecule has 1 heterocycles. The number of rotatable bonds is 0. The second kappa shape index (κ2) is 4.78. The summed E-state index contributed by atoms with van der Waals surface area (Å²) in [6.07, 6.45) is 0. The average Bonchev–Trinajstić information content (AvgIpc) is 2.61. The predicted molar refractivity (Wildman–Crippen MR) is 104 cm³/mol. The molecule has 4 aromatic carbocycles. The Morgan fingerprint density at radius 3 is 2.08 bits per heavy atom. The van der Waals surface area contributed by atoms with Gasteiger partial charge in [0.2, 0.25) is 0 Å². The summed E-state index contributed by atoms with van der Waals surface area (Å²) >= 11 is 0. The van der Waals surface area contributed by atoms with Crippen LogP contribution in [0.5, 0.6) is 0 Å². The van der Waals surface area contributed by atoms with Crippen LogP contribution in [-0.2, 0) is 0 Å². The smallest absolute Gasteiger partial charge is 0.0711 e. The number of nitrogens with zero attached hydrogens (tertiary/aromatic N) is 1. The zero-order valence-electron chi connectivity index (χ0n) is 13.8. The lowest BCUT2D eigenvalue weighted by molar-refractivity contribution is 1.29. The molecule has 114 valence electrons. The molecule has 0 radical (unpaired) electrons. The monoisotopic (exact) mass is 307 g/mol. The van der Waals surface area contributed by atoms with Crippen LogP contribution in [-0.4, -0.2) is 4.98 Å². The molecule has 24 heavy (non-hydrogen) atoms. The molecule has 1 aromatic heterocycles. The number of hydrogen-bond acceptors (Lipinski definition) is 1. The van der Waals surface area contributed by atoms with Gasteiger partial charge < -0.3 is 0 Å². The molecule has 1 nitrogen and oxygen atoms in total. The van der Waals surface area contributed by atoms with Gasteiger partial charge in [0.25, 0.3) is 0 Å². The van der Waals surface area contributed by atoms with Crippen LogP contribution in [0.15, 0.2) is 66.7 Å². The highest BCUT2D eigenvalue weighted by atomic mass is 14.7. The molecule has 5 rings (SSSR count). The summed E-state index contributed by atoms with van der Waals surface area (Å²) in [5.74, 6) is 0. The van der Waals surface area contributed by atoms with Crippen LogP contribution < -0.4 is 0 Å². The maximum Gasteiger partial charge on any atom is 0.0711 e. The summed E-state index contributed by atoms with van der Waals surface area (Å²) in [4.78, 5) is 4.88. The van der Waals surface area contributed by atoms with Crippen molar-refractivity contribution < 1.29 is 0 Å². The second-order valence-corrected chi connectivity index (χ2v) is 6.56. The molecule has 0 spiro atoms. The Morgan fingerprint density at radius 2 is 1.25 bits per heavy atom. The highest BCUT2D eigenvalue weighted by molar-refractivity contribution is 6.31. The van der Waals surface area contributed by atoms with Gasteiger partial charge in [-0.2, -0.15) is 0 Å². The molecule has 0 unspecified atom stereocenters. The molecule has 0 aliphatic rings. The molecule has 0 N–H and O–H groups in total. The summed E-state index contributed by atoms with van der Waals surface area (Å²) in [6.45, 7) is 4.28. The first-order valence-corrected chi connectivity index (χ1v) is 8.34. The van der Waals surface area contributed by atoms with Crippen molar-refractivity contribution in [1.82, 2.24) is 4.98 Å². The van der Waals surface area contributed by atoms with Crippen LogP contribution in [0, 0.1) is 13.8 Å². The van der Waals surface area contributed by atoms with Crippen molar-refractivity contribution >= 4 is 43.2 Å². The minimum absolute atomic E-state index is 1.07. The molecule has 0 aliphatic carbocycles. The van der Waals surface area contributed by atoms with E-state index in [4.69, 9.17) is 4.98 Å². The van der Waals surface area contributed by atoms with E-state index >= 15 is 0 Å². The molecule has 0 amide bonds. The number of aromatic nitrogens is 1. The molecule has 0 fully saturated rings. The Kier molecular flexibility index (Phi) is 2.69. The van der Waals surface area contributed by atoms with Gasteiger partial charge in [0.15, 0.2) is 0 Å². The van der Waals surface area contributed by atoms with Crippen LogP contribution in [0.3, 0.4) is 0 Å². The third-order valence-corrected chi connectivity index (χ3v) is 5.00. The maximum absolute atomic E-state index is 4.88. The van der Waals surface area contributed by atoms with E-state index in [1.165, 1.54) is 43.3 Å². The minimum Gasteiger partial charge on any atom is -0.252 e. The molecular formula is C23H17N. The van der Waals surface area contributed by atoms with Gasteiger partial charge in [-0.25, -0.2) is 0 Å². The van der Waals surface area contributed by atoms with Gasteiger partial charge in [-0.15, -0.1) is 0 Å². The first kappa shape index (κ1) is 13.5. The van der Waals surface area contributed by atoms with E-state index in [1.807, 2.05) is 0 Å². The Balaban J connectivity index is 2.24. The molecule has 0 saturated carbocycles. The number of aryl methyl sites for hydroxylation is 2. The Labute approximate surface area is 140 Å². The summed E-state index contributed by atoms with van der Waals surface area (Å²) < 4.78 is 0. The summed E-state index contributed by atoms with van der Waals surface area (Å²) in [5, 5.41) is 9.08. The van der Waals surface area contributed by atoms with E-state index in [0.717, 1.165) is 11.2 Å². The lowest BCUT2D eigenvalue weighted by Crippen LogP contribution is -1.91. The SMILES string of the molecule is Cc1ccc2c(c1)c1ccccc1c1c3ccccc3nc(C)c21. The molecule has 0 aliphatic heterocycles. The molecule has 0 saturated heterocycles. The number of hydrogen-bond donors (Lipinski definition) is 0. The zero-order chi connectivity index (χ0) is 16.3. The van der Waals surface area contributed by atoms with Crippen LogP contribution >= 0.6 is 0 Å². The highest BCUT2D eigenvalue weighted by Gasteiger charge is 2.14. The Bertz CT molecular complexity index is 1270. The van der Waals surface area contributed by atoms with E-state index in [9.17, 15) is 0 Å². The number of fused-ring (bicyclic) bond motifs is 8. The van der Waals surface area contributed by atoms with Crippen molar-refractivity contribution in [3.05, 3.63) is 78.0 Å². The van der Waals surface area contributed by atoms with Gasteiger partial charge in [0.1, 0.15) is 0 Å². The largest absolute Gasteiger partial charge is 0.252 e. The van der Waals surface area contributed by atoms with Gasteiger partial charge in [0, 0.05) is 21.9 Å². The van der Waals surface area contributed by atoms with E-state index in [-0.39, 0.29) is 0 Å². The van der Waals surface area contributed by atoms with Crippen molar-refractivity contribution in [3.8, 4) is 0 Å². The van der Waals surface area contributed by atoms with Gasteiger partial charge in [-0.3, -0.25) is 4.98 Å². The van der Waals surface area contributed by atoms with Gasteiger partial charge in [0.05, 0.1) is 5.52 Å². The highest BCUT2D eigenvalue weighted by Crippen LogP contribution is 2.39. The Hall–Kier alpha value is -2.93. The van der Waals surface area contributed by atoms with E-state index < -0.39 is 0 Å². The summed E-state index contributed by atoms with van der Waals surface area (Å²) in [6, 6.07) is 24.0.